The Morgan fingerprint density at radius 3 is 2.66 bits per heavy atom. The summed E-state index contributed by atoms with van der Waals surface area (Å²) in [6.07, 6.45) is 0.743. The average Bonchev–Trinajstić information content (AvgIpc) is 3.20. The van der Waals surface area contributed by atoms with Crippen LogP contribution in [0.15, 0.2) is 58.4 Å². The van der Waals surface area contributed by atoms with Gasteiger partial charge in [0, 0.05) is 18.7 Å². The first-order valence-electron chi connectivity index (χ1n) is 9.46. The lowest BCUT2D eigenvalue weighted by Crippen LogP contribution is -2.47. The molecule has 156 valence electrons. The number of hydrazine groups is 1. The summed E-state index contributed by atoms with van der Waals surface area (Å²) in [5.41, 5.74) is 7.04. The van der Waals surface area contributed by atoms with Crippen LogP contribution in [0.5, 0.6) is 11.5 Å². The van der Waals surface area contributed by atoms with Gasteiger partial charge in [0.25, 0.3) is 0 Å². The van der Waals surface area contributed by atoms with Gasteiger partial charge in [-0.2, -0.15) is 8.42 Å². The zero-order valence-electron chi connectivity index (χ0n) is 16.5. The van der Waals surface area contributed by atoms with Crippen molar-refractivity contribution in [3.8, 4) is 11.5 Å². The van der Waals surface area contributed by atoms with E-state index in [-0.39, 0.29) is 16.7 Å². The zero-order valence-corrected chi connectivity index (χ0v) is 17.3. The van der Waals surface area contributed by atoms with E-state index in [0.29, 0.717) is 12.4 Å². The predicted octanol–water partition coefficient (Wildman–Crippen LogP) is 1.97. The second-order valence-electron chi connectivity index (χ2n) is 6.80. The highest BCUT2D eigenvalue weighted by molar-refractivity contribution is 7.87. The Hall–Kier alpha value is -2.78. The molecular weight excluding hydrogens is 392 g/mol. The minimum Gasteiger partial charge on any atom is -0.493 e. The van der Waals surface area contributed by atoms with Crippen LogP contribution < -0.4 is 25.1 Å². The number of hydrogen-bond acceptors (Lipinski definition) is 8. The number of hydrogen-bond donors (Lipinski definition) is 3. The number of ether oxygens (including phenoxy) is 1. The fourth-order valence-corrected chi connectivity index (χ4v) is 3.64. The van der Waals surface area contributed by atoms with Crippen LogP contribution in [0, 0.1) is 6.92 Å². The van der Waals surface area contributed by atoms with E-state index in [2.05, 4.69) is 21.2 Å². The summed E-state index contributed by atoms with van der Waals surface area (Å²) >= 11 is 0. The van der Waals surface area contributed by atoms with E-state index < -0.39 is 10.1 Å². The van der Waals surface area contributed by atoms with Gasteiger partial charge in [-0.15, -0.1) is 0 Å². The molecule has 9 heteroatoms. The second kappa shape index (κ2) is 9.62. The average molecular weight is 419 g/mol. The first kappa shape index (κ1) is 20.9. The molecule has 1 atom stereocenters. The first-order chi connectivity index (χ1) is 13.9. The third-order valence-electron chi connectivity index (χ3n) is 4.19. The van der Waals surface area contributed by atoms with Gasteiger partial charge >= 0.3 is 10.1 Å². The Bertz CT molecular complexity index is 948. The molecular formula is C20H26N4O4S. The van der Waals surface area contributed by atoms with Gasteiger partial charge in [0.05, 0.1) is 13.2 Å². The lowest BCUT2D eigenvalue weighted by molar-refractivity contribution is 0.286. The molecule has 0 amide bonds. The zero-order chi connectivity index (χ0) is 20.7. The summed E-state index contributed by atoms with van der Waals surface area (Å²) in [6, 6.07) is 13.3. The van der Waals surface area contributed by atoms with Crippen LogP contribution in [0.1, 0.15) is 18.9 Å². The molecule has 8 nitrogen and oxygen atoms in total. The molecule has 0 aromatic heterocycles. The summed E-state index contributed by atoms with van der Waals surface area (Å²) in [6.45, 7) is 5.98. The Labute approximate surface area is 171 Å². The van der Waals surface area contributed by atoms with Crippen molar-refractivity contribution < 1.29 is 17.3 Å². The predicted molar refractivity (Wildman–Crippen MR) is 112 cm³/mol. The van der Waals surface area contributed by atoms with Crippen LogP contribution in [0.25, 0.3) is 0 Å². The Kier molecular flexibility index (Phi) is 6.95. The maximum atomic E-state index is 12.4. The molecule has 1 aliphatic heterocycles. The van der Waals surface area contributed by atoms with Crippen LogP contribution in [-0.4, -0.2) is 40.1 Å². The van der Waals surface area contributed by atoms with Crippen molar-refractivity contribution in [1.29, 1.82) is 0 Å². The summed E-state index contributed by atoms with van der Waals surface area (Å²) in [4.78, 5) is 4.35. The first-order valence-corrected chi connectivity index (χ1v) is 10.9. The molecule has 3 rings (SSSR count). The number of rotatable bonds is 9. The van der Waals surface area contributed by atoms with Gasteiger partial charge in [-0.3, -0.25) is 10.4 Å². The maximum Gasteiger partial charge on any atom is 0.339 e. The number of aliphatic imine (C=N–C) groups is 1. The molecule has 0 radical (unpaired) electrons. The molecule has 2 aromatic carbocycles. The molecule has 1 heterocycles. The van der Waals surface area contributed by atoms with Crippen molar-refractivity contribution in [3.05, 3.63) is 54.1 Å². The van der Waals surface area contributed by atoms with Crippen molar-refractivity contribution in [2.75, 3.05) is 19.7 Å². The van der Waals surface area contributed by atoms with Gasteiger partial charge in [0.1, 0.15) is 16.4 Å². The normalized spacial score (nSPS) is 14.6. The van der Waals surface area contributed by atoms with Crippen LogP contribution in [0.2, 0.25) is 0 Å². The number of aryl methyl sites for hydroxylation is 1. The molecule has 2 aromatic rings. The summed E-state index contributed by atoms with van der Waals surface area (Å²) in [5, 5.41) is 3.12. The number of benzene rings is 2. The molecule has 1 aliphatic rings. The van der Waals surface area contributed by atoms with Crippen LogP contribution >= 0.6 is 0 Å². The lowest BCUT2D eigenvalue weighted by atomic mass is 10.2. The van der Waals surface area contributed by atoms with Crippen LogP contribution in [0.3, 0.4) is 0 Å². The van der Waals surface area contributed by atoms with Crippen molar-refractivity contribution >= 4 is 16.1 Å². The van der Waals surface area contributed by atoms with E-state index in [1.165, 1.54) is 12.1 Å². The van der Waals surface area contributed by atoms with Gasteiger partial charge in [0.15, 0.2) is 0 Å². The van der Waals surface area contributed by atoms with Crippen molar-refractivity contribution in [2.24, 2.45) is 4.99 Å². The Morgan fingerprint density at radius 1 is 1.17 bits per heavy atom. The molecule has 1 unspecified atom stereocenters. The Balaban J connectivity index is 1.53. The maximum absolute atomic E-state index is 12.4. The second-order valence-corrected chi connectivity index (χ2v) is 8.34. The van der Waals surface area contributed by atoms with E-state index >= 15 is 0 Å². The quantitative estimate of drug-likeness (QED) is 0.423. The number of guanidine groups is 1. The van der Waals surface area contributed by atoms with Gasteiger partial charge in [-0.05, 0) is 50.1 Å². The van der Waals surface area contributed by atoms with Crippen molar-refractivity contribution in [1.82, 2.24) is 16.2 Å². The minimum absolute atomic E-state index is 0.109. The van der Waals surface area contributed by atoms with E-state index in [9.17, 15) is 8.42 Å². The van der Waals surface area contributed by atoms with E-state index in [4.69, 9.17) is 8.92 Å². The smallest absolute Gasteiger partial charge is 0.339 e. The Morgan fingerprint density at radius 2 is 1.93 bits per heavy atom. The van der Waals surface area contributed by atoms with E-state index in [1.54, 1.807) is 30.3 Å². The SMILES string of the molecule is Cc1cc(OCCC(C)NNC2=NCCN2)cc(OS(=O)(=O)c2ccccc2)c1. The molecule has 0 bridgehead atoms. The summed E-state index contributed by atoms with van der Waals surface area (Å²) in [5.74, 6) is 1.53. The monoisotopic (exact) mass is 418 g/mol. The largest absolute Gasteiger partial charge is 0.493 e. The van der Waals surface area contributed by atoms with Gasteiger partial charge in [-0.25, -0.2) is 5.43 Å². The molecule has 0 spiro atoms. The molecule has 0 saturated carbocycles. The third-order valence-corrected chi connectivity index (χ3v) is 5.45. The van der Waals surface area contributed by atoms with Crippen LogP contribution in [0.4, 0.5) is 0 Å². The topological polar surface area (TPSA) is 101 Å². The van der Waals surface area contributed by atoms with Gasteiger partial charge in [-0.1, -0.05) is 18.2 Å². The van der Waals surface area contributed by atoms with Crippen molar-refractivity contribution in [3.63, 3.8) is 0 Å². The molecule has 0 saturated heterocycles. The summed E-state index contributed by atoms with van der Waals surface area (Å²) < 4.78 is 35.9. The number of nitrogens with zero attached hydrogens (tertiary/aromatic N) is 1. The number of nitrogens with one attached hydrogen (secondary N) is 3. The van der Waals surface area contributed by atoms with E-state index in [1.807, 2.05) is 19.9 Å². The molecule has 3 N–H and O–H groups in total. The molecule has 29 heavy (non-hydrogen) atoms. The van der Waals surface area contributed by atoms with Crippen LogP contribution in [-0.2, 0) is 10.1 Å². The lowest BCUT2D eigenvalue weighted by Gasteiger charge is -2.16. The van der Waals surface area contributed by atoms with Crippen molar-refractivity contribution in [2.45, 2.75) is 31.2 Å². The fraction of sp³-hybridized carbons (Fsp3) is 0.350. The molecule has 0 aliphatic carbocycles. The third kappa shape index (κ3) is 6.37. The highest BCUT2D eigenvalue weighted by Gasteiger charge is 2.17. The fourth-order valence-electron chi connectivity index (χ4n) is 2.71. The van der Waals surface area contributed by atoms with Gasteiger partial charge < -0.3 is 14.2 Å². The van der Waals surface area contributed by atoms with E-state index in [0.717, 1.165) is 31.0 Å². The minimum atomic E-state index is -3.89. The highest BCUT2D eigenvalue weighted by Crippen LogP contribution is 2.25. The van der Waals surface area contributed by atoms with Gasteiger partial charge in [0.2, 0.25) is 5.96 Å². The highest BCUT2D eigenvalue weighted by atomic mass is 32.2. The molecule has 0 fully saturated rings. The summed E-state index contributed by atoms with van der Waals surface area (Å²) in [7, 11) is -3.89. The standard InChI is InChI=1S/C20H26N4O4S/c1-15-12-17(27-11-8-16(2)23-24-20-21-9-10-22-20)14-18(13-15)28-29(25,26)19-6-4-3-5-7-19/h3-7,12-14,16,23H,8-11H2,1-2H3,(H2,21,22,24).